The van der Waals surface area contributed by atoms with Gasteiger partial charge in [-0.3, -0.25) is 4.79 Å². The van der Waals surface area contributed by atoms with Gasteiger partial charge in [0, 0.05) is 12.8 Å². The van der Waals surface area contributed by atoms with Crippen LogP contribution in [0.1, 0.15) is 47.5 Å². The van der Waals surface area contributed by atoms with Crippen LogP contribution in [0.25, 0.3) is 0 Å². The van der Waals surface area contributed by atoms with E-state index >= 15 is 0 Å². The highest BCUT2D eigenvalue weighted by atomic mass is 16.7. The first-order valence-electron chi connectivity index (χ1n) is 4.86. The van der Waals surface area contributed by atoms with Crippen LogP contribution in [0.3, 0.4) is 0 Å². The molecule has 0 spiro atoms. The molecule has 82 valence electrons. The van der Waals surface area contributed by atoms with Gasteiger partial charge >= 0.3 is 5.97 Å². The molecule has 0 heterocycles. The van der Waals surface area contributed by atoms with Crippen LogP contribution in [-0.2, 0) is 14.4 Å². The Morgan fingerprint density at radius 2 is 1.64 bits per heavy atom. The molecule has 1 amide bonds. The SMILES string of the molecule is CCC(=O)ON(C(=O)CC)C(C)(C)C. The molecule has 0 aromatic rings. The Kier molecular flexibility index (Phi) is 4.60. The summed E-state index contributed by atoms with van der Waals surface area (Å²) in [5.74, 6) is -0.568. The van der Waals surface area contributed by atoms with E-state index in [0.29, 0.717) is 6.42 Å². The molecule has 0 aliphatic heterocycles. The van der Waals surface area contributed by atoms with Gasteiger partial charge in [0.15, 0.2) is 0 Å². The van der Waals surface area contributed by atoms with Gasteiger partial charge in [-0.25, -0.2) is 4.79 Å². The highest BCUT2D eigenvalue weighted by molar-refractivity contribution is 5.78. The molecule has 0 aromatic heterocycles. The van der Waals surface area contributed by atoms with E-state index in [1.165, 1.54) is 0 Å². The molecule has 0 saturated heterocycles. The number of hydrogen-bond donors (Lipinski definition) is 0. The van der Waals surface area contributed by atoms with Gasteiger partial charge in [-0.1, -0.05) is 13.8 Å². The lowest BCUT2D eigenvalue weighted by Crippen LogP contribution is -2.46. The maximum Gasteiger partial charge on any atom is 0.332 e. The Morgan fingerprint density at radius 1 is 1.14 bits per heavy atom. The molecule has 0 bridgehead atoms. The zero-order valence-electron chi connectivity index (χ0n) is 9.59. The summed E-state index contributed by atoms with van der Waals surface area (Å²) in [5, 5.41) is 1.15. The standard InChI is InChI=1S/C10H19NO3/c1-6-8(12)11(10(3,4)5)14-9(13)7-2/h6-7H2,1-5H3. The predicted octanol–water partition coefficient (Wildman–Crippen LogP) is 1.89. The monoisotopic (exact) mass is 201 g/mol. The fourth-order valence-corrected chi connectivity index (χ4v) is 0.872. The van der Waals surface area contributed by atoms with Gasteiger partial charge in [0.25, 0.3) is 5.91 Å². The van der Waals surface area contributed by atoms with Crippen LogP contribution in [0.2, 0.25) is 0 Å². The Hall–Kier alpha value is -1.06. The van der Waals surface area contributed by atoms with Crippen molar-refractivity contribution in [2.45, 2.75) is 53.0 Å². The first-order chi connectivity index (χ1) is 6.32. The van der Waals surface area contributed by atoms with Crippen molar-refractivity contribution in [3.05, 3.63) is 0 Å². The molecule has 0 rings (SSSR count). The van der Waals surface area contributed by atoms with Crippen LogP contribution < -0.4 is 0 Å². The summed E-state index contributed by atoms with van der Waals surface area (Å²) in [6, 6.07) is 0. The molecule has 0 aliphatic rings. The molecule has 0 atom stereocenters. The molecule has 0 aromatic carbocycles. The minimum absolute atomic E-state index is 0.181. The average Bonchev–Trinajstić information content (AvgIpc) is 2.10. The third-order valence-electron chi connectivity index (χ3n) is 1.62. The smallest absolute Gasteiger partial charge is 0.332 e. The number of hydrogen-bond acceptors (Lipinski definition) is 3. The second-order valence-electron chi connectivity index (χ2n) is 4.03. The van der Waals surface area contributed by atoms with Gasteiger partial charge in [-0.2, -0.15) is 5.06 Å². The maximum atomic E-state index is 11.5. The fraction of sp³-hybridized carbons (Fsp3) is 0.800. The molecular formula is C10H19NO3. The van der Waals surface area contributed by atoms with Gasteiger partial charge in [0.05, 0.1) is 5.54 Å². The average molecular weight is 201 g/mol. The zero-order chi connectivity index (χ0) is 11.4. The summed E-state index contributed by atoms with van der Waals surface area (Å²) < 4.78 is 0. The van der Waals surface area contributed by atoms with Gasteiger partial charge in [-0.15, -0.1) is 0 Å². The van der Waals surface area contributed by atoms with Crippen molar-refractivity contribution in [2.24, 2.45) is 0 Å². The lowest BCUT2D eigenvalue weighted by Gasteiger charge is -2.32. The normalized spacial score (nSPS) is 10.9. The Labute approximate surface area is 85.2 Å². The second-order valence-corrected chi connectivity index (χ2v) is 4.03. The fourth-order valence-electron chi connectivity index (χ4n) is 0.872. The first kappa shape index (κ1) is 12.9. The quantitative estimate of drug-likeness (QED) is 0.641. The predicted molar refractivity (Wildman–Crippen MR) is 53.3 cm³/mol. The van der Waals surface area contributed by atoms with Gasteiger partial charge in [-0.05, 0) is 20.8 Å². The Bertz CT molecular complexity index is 218. The van der Waals surface area contributed by atoms with Crippen LogP contribution in [0, 0.1) is 0 Å². The largest absolute Gasteiger partial charge is 0.338 e. The Balaban J connectivity index is 4.58. The molecule has 0 radical (unpaired) electrons. The van der Waals surface area contributed by atoms with Gasteiger partial charge in [0.2, 0.25) is 0 Å². The summed E-state index contributed by atoms with van der Waals surface area (Å²) >= 11 is 0. The van der Waals surface area contributed by atoms with Crippen molar-refractivity contribution in [2.75, 3.05) is 0 Å². The zero-order valence-corrected chi connectivity index (χ0v) is 9.59. The summed E-state index contributed by atoms with van der Waals surface area (Å²) in [5.41, 5.74) is -0.488. The number of carbonyl (C=O) groups excluding carboxylic acids is 2. The third-order valence-corrected chi connectivity index (χ3v) is 1.62. The van der Waals surface area contributed by atoms with E-state index in [0.717, 1.165) is 5.06 Å². The van der Waals surface area contributed by atoms with E-state index in [1.807, 2.05) is 20.8 Å². The number of amides is 1. The first-order valence-corrected chi connectivity index (χ1v) is 4.86. The summed E-state index contributed by atoms with van der Waals surface area (Å²) in [4.78, 5) is 27.5. The molecule has 4 nitrogen and oxygen atoms in total. The van der Waals surface area contributed by atoms with Crippen molar-refractivity contribution >= 4 is 11.9 Å². The van der Waals surface area contributed by atoms with Crippen molar-refractivity contribution in [1.29, 1.82) is 0 Å². The van der Waals surface area contributed by atoms with Crippen molar-refractivity contribution in [3.63, 3.8) is 0 Å². The van der Waals surface area contributed by atoms with Crippen molar-refractivity contribution in [1.82, 2.24) is 5.06 Å². The molecule has 0 fully saturated rings. The van der Waals surface area contributed by atoms with Crippen molar-refractivity contribution in [3.8, 4) is 0 Å². The minimum Gasteiger partial charge on any atom is -0.338 e. The topological polar surface area (TPSA) is 46.6 Å². The van der Waals surface area contributed by atoms with E-state index < -0.39 is 5.54 Å². The van der Waals surface area contributed by atoms with Crippen LogP contribution >= 0.6 is 0 Å². The molecule has 4 heteroatoms. The summed E-state index contributed by atoms with van der Waals surface area (Å²) in [6.07, 6.45) is 0.595. The van der Waals surface area contributed by atoms with Gasteiger partial charge in [0.1, 0.15) is 0 Å². The number of carbonyl (C=O) groups is 2. The van der Waals surface area contributed by atoms with E-state index in [1.54, 1.807) is 13.8 Å². The molecular weight excluding hydrogens is 182 g/mol. The van der Waals surface area contributed by atoms with Gasteiger partial charge < -0.3 is 4.84 Å². The lowest BCUT2D eigenvalue weighted by atomic mass is 10.1. The molecule has 0 N–H and O–H groups in total. The highest BCUT2D eigenvalue weighted by Crippen LogP contribution is 2.15. The minimum atomic E-state index is -0.488. The third kappa shape index (κ3) is 3.77. The van der Waals surface area contributed by atoms with Crippen LogP contribution in [0.4, 0.5) is 0 Å². The second kappa shape index (κ2) is 4.98. The van der Waals surface area contributed by atoms with E-state index in [9.17, 15) is 9.59 Å². The number of rotatable bonds is 2. The highest BCUT2D eigenvalue weighted by Gasteiger charge is 2.28. The van der Waals surface area contributed by atoms with E-state index in [4.69, 9.17) is 4.84 Å². The molecule has 14 heavy (non-hydrogen) atoms. The van der Waals surface area contributed by atoms with Crippen LogP contribution in [0.15, 0.2) is 0 Å². The van der Waals surface area contributed by atoms with E-state index in [2.05, 4.69) is 0 Å². The number of hydroxylamine groups is 2. The van der Waals surface area contributed by atoms with Crippen LogP contribution in [0.5, 0.6) is 0 Å². The lowest BCUT2D eigenvalue weighted by molar-refractivity contribution is -0.216. The number of nitrogens with zero attached hydrogens (tertiary/aromatic N) is 1. The van der Waals surface area contributed by atoms with Crippen LogP contribution in [-0.4, -0.2) is 22.5 Å². The summed E-state index contributed by atoms with van der Waals surface area (Å²) in [6.45, 7) is 8.90. The Morgan fingerprint density at radius 3 is 1.93 bits per heavy atom. The molecule has 0 aliphatic carbocycles. The van der Waals surface area contributed by atoms with Crippen molar-refractivity contribution < 1.29 is 14.4 Å². The van der Waals surface area contributed by atoms with E-state index in [-0.39, 0.29) is 18.3 Å². The molecule has 0 unspecified atom stereocenters. The molecule has 0 saturated carbocycles. The maximum absolute atomic E-state index is 11.5. The summed E-state index contributed by atoms with van der Waals surface area (Å²) in [7, 11) is 0.